The van der Waals surface area contributed by atoms with E-state index in [4.69, 9.17) is 4.42 Å². The third kappa shape index (κ3) is 2.82. The summed E-state index contributed by atoms with van der Waals surface area (Å²) in [5.41, 5.74) is 1.86. The fourth-order valence-electron chi connectivity index (χ4n) is 6.96. The van der Waals surface area contributed by atoms with Gasteiger partial charge < -0.3 is 14.6 Å². The molecule has 0 unspecified atom stereocenters. The number of rotatable bonds is 3. The number of fused-ring (bicyclic) bond motifs is 1. The highest BCUT2D eigenvalue weighted by molar-refractivity contribution is 5.80. The summed E-state index contributed by atoms with van der Waals surface area (Å²) in [7, 11) is 0. The van der Waals surface area contributed by atoms with Crippen LogP contribution in [0.2, 0.25) is 0 Å². The first kappa shape index (κ1) is 16.9. The van der Waals surface area contributed by atoms with Crippen LogP contribution < -0.4 is 10.2 Å². The predicted molar refractivity (Wildman–Crippen MR) is 108 cm³/mol. The number of nitrogens with one attached hydrogen (secondary N) is 1. The van der Waals surface area contributed by atoms with Crippen molar-refractivity contribution in [1.29, 1.82) is 0 Å². The average molecular weight is 380 g/mol. The molecule has 4 saturated carbocycles. The van der Waals surface area contributed by atoms with Gasteiger partial charge in [0.25, 0.3) is 6.01 Å². The third-order valence-corrected chi connectivity index (χ3v) is 7.85. The minimum absolute atomic E-state index is 0.128. The lowest BCUT2D eigenvalue weighted by atomic mass is 9.53. The van der Waals surface area contributed by atoms with Crippen LogP contribution >= 0.6 is 0 Å². The van der Waals surface area contributed by atoms with Crippen molar-refractivity contribution in [1.82, 2.24) is 10.3 Å². The highest BCUT2D eigenvalue weighted by atomic mass is 16.4. The van der Waals surface area contributed by atoms with E-state index >= 15 is 0 Å². The molecule has 5 heteroatoms. The zero-order valence-electron chi connectivity index (χ0n) is 16.4. The molecule has 5 fully saturated rings. The first-order valence-electron chi connectivity index (χ1n) is 11.1. The Morgan fingerprint density at radius 3 is 2.32 bits per heavy atom. The molecule has 1 aromatic heterocycles. The fraction of sp³-hybridized carbons (Fsp3) is 0.652. The summed E-state index contributed by atoms with van der Waals surface area (Å²) in [6.45, 7) is 1.68. The number of piperidine rings is 1. The van der Waals surface area contributed by atoms with Crippen LogP contribution in [-0.4, -0.2) is 29.5 Å². The molecule has 0 spiro atoms. The minimum atomic E-state index is 0.128. The lowest BCUT2D eigenvalue weighted by Gasteiger charge is -2.57. The van der Waals surface area contributed by atoms with Crippen LogP contribution in [0.4, 0.5) is 6.01 Å². The van der Waals surface area contributed by atoms with Gasteiger partial charge >= 0.3 is 0 Å². The lowest BCUT2D eigenvalue weighted by Crippen LogP contribution is -2.61. The number of para-hydroxylation sites is 2. The molecule has 4 bridgehead atoms. The SMILES string of the molecule is O=C(NC12CC3CC(CC(C3)C1)C2)C1CCN(c2nc3ccccc3o2)CC1. The van der Waals surface area contributed by atoms with Crippen molar-refractivity contribution in [3.63, 3.8) is 0 Å². The zero-order chi connectivity index (χ0) is 18.7. The number of hydrogen-bond acceptors (Lipinski definition) is 4. The predicted octanol–water partition coefficient (Wildman–Crippen LogP) is 4.13. The van der Waals surface area contributed by atoms with Crippen molar-refractivity contribution in [2.24, 2.45) is 23.7 Å². The summed E-state index contributed by atoms with van der Waals surface area (Å²) >= 11 is 0. The molecule has 1 N–H and O–H groups in total. The van der Waals surface area contributed by atoms with Crippen LogP contribution in [0.3, 0.4) is 0 Å². The number of hydrogen-bond donors (Lipinski definition) is 1. The number of carbonyl (C=O) groups is 1. The number of benzene rings is 1. The van der Waals surface area contributed by atoms with E-state index in [1.54, 1.807) is 0 Å². The Hall–Kier alpha value is -2.04. The molecule has 4 aliphatic carbocycles. The molecular formula is C23H29N3O2. The summed E-state index contributed by atoms with van der Waals surface area (Å²) in [5.74, 6) is 3.04. The summed E-state index contributed by atoms with van der Waals surface area (Å²) in [5, 5.41) is 3.57. The molecule has 1 saturated heterocycles. The Labute approximate surface area is 165 Å². The fourth-order valence-corrected chi connectivity index (χ4v) is 6.96. The van der Waals surface area contributed by atoms with Gasteiger partial charge in [0.05, 0.1) is 0 Å². The quantitative estimate of drug-likeness (QED) is 0.871. The number of nitrogens with zero attached hydrogens (tertiary/aromatic N) is 2. The van der Waals surface area contributed by atoms with E-state index in [9.17, 15) is 4.79 Å². The summed E-state index contributed by atoms with van der Waals surface area (Å²) in [6, 6.07) is 8.58. The second-order valence-electron chi connectivity index (χ2n) is 9.91. The Morgan fingerprint density at radius 2 is 1.68 bits per heavy atom. The van der Waals surface area contributed by atoms with Gasteiger partial charge in [-0.25, -0.2) is 0 Å². The van der Waals surface area contributed by atoms with E-state index in [0.29, 0.717) is 11.9 Å². The summed E-state index contributed by atoms with van der Waals surface area (Å²) < 4.78 is 5.91. The van der Waals surface area contributed by atoms with Crippen LogP contribution in [0.5, 0.6) is 0 Å². The van der Waals surface area contributed by atoms with Crippen molar-refractivity contribution in [3.05, 3.63) is 24.3 Å². The van der Waals surface area contributed by atoms with Gasteiger partial charge in [0, 0.05) is 24.5 Å². The van der Waals surface area contributed by atoms with Crippen molar-refractivity contribution >= 4 is 23.0 Å². The Kier molecular flexibility index (Phi) is 3.75. The molecule has 2 heterocycles. The zero-order valence-corrected chi connectivity index (χ0v) is 16.4. The number of anilines is 1. The van der Waals surface area contributed by atoms with Crippen LogP contribution in [-0.2, 0) is 4.79 Å². The minimum Gasteiger partial charge on any atom is -0.423 e. The number of oxazole rings is 1. The highest BCUT2D eigenvalue weighted by Gasteiger charge is 2.51. The number of carbonyl (C=O) groups excluding carboxylic acids is 1. The van der Waals surface area contributed by atoms with E-state index in [1.165, 1.54) is 38.5 Å². The average Bonchev–Trinajstić information content (AvgIpc) is 3.11. The van der Waals surface area contributed by atoms with E-state index in [2.05, 4.69) is 15.2 Å². The molecule has 5 nitrogen and oxygen atoms in total. The van der Waals surface area contributed by atoms with Gasteiger partial charge in [0.15, 0.2) is 5.58 Å². The van der Waals surface area contributed by atoms with E-state index in [1.807, 2.05) is 24.3 Å². The van der Waals surface area contributed by atoms with E-state index in [0.717, 1.165) is 54.8 Å². The molecule has 2 aromatic rings. The third-order valence-electron chi connectivity index (χ3n) is 7.85. The summed E-state index contributed by atoms with van der Waals surface area (Å²) in [6.07, 6.45) is 9.70. The molecule has 0 atom stereocenters. The molecule has 1 aliphatic heterocycles. The van der Waals surface area contributed by atoms with Gasteiger partial charge in [-0.2, -0.15) is 4.98 Å². The van der Waals surface area contributed by atoms with Gasteiger partial charge in [-0.05, 0) is 81.3 Å². The topological polar surface area (TPSA) is 58.4 Å². The Balaban J connectivity index is 1.10. The molecule has 5 aliphatic rings. The van der Waals surface area contributed by atoms with E-state index in [-0.39, 0.29) is 11.5 Å². The number of amides is 1. The van der Waals surface area contributed by atoms with Gasteiger partial charge in [0.2, 0.25) is 5.91 Å². The van der Waals surface area contributed by atoms with Crippen molar-refractivity contribution in [2.45, 2.75) is 56.9 Å². The van der Waals surface area contributed by atoms with Gasteiger partial charge in [-0.3, -0.25) is 4.79 Å². The maximum Gasteiger partial charge on any atom is 0.298 e. The second kappa shape index (κ2) is 6.23. The Morgan fingerprint density at radius 1 is 1.04 bits per heavy atom. The molecule has 28 heavy (non-hydrogen) atoms. The molecule has 0 radical (unpaired) electrons. The van der Waals surface area contributed by atoms with Crippen LogP contribution in [0.25, 0.3) is 11.1 Å². The van der Waals surface area contributed by atoms with Crippen molar-refractivity contribution in [2.75, 3.05) is 18.0 Å². The standard InChI is InChI=1S/C23H29N3O2/c27-21(25-23-12-15-9-16(13-23)11-17(10-15)14-23)18-5-7-26(8-6-18)22-24-19-3-1-2-4-20(19)28-22/h1-4,15-18H,5-14H2,(H,25,27). The maximum absolute atomic E-state index is 13.1. The van der Waals surface area contributed by atoms with Crippen LogP contribution in [0.15, 0.2) is 28.7 Å². The smallest absolute Gasteiger partial charge is 0.298 e. The van der Waals surface area contributed by atoms with Crippen LogP contribution in [0.1, 0.15) is 51.4 Å². The van der Waals surface area contributed by atoms with E-state index < -0.39 is 0 Å². The van der Waals surface area contributed by atoms with Crippen molar-refractivity contribution in [3.8, 4) is 0 Å². The molecule has 148 valence electrons. The van der Waals surface area contributed by atoms with Crippen molar-refractivity contribution < 1.29 is 9.21 Å². The molecule has 7 rings (SSSR count). The largest absolute Gasteiger partial charge is 0.423 e. The van der Waals surface area contributed by atoms with Gasteiger partial charge in [-0.1, -0.05) is 12.1 Å². The highest BCUT2D eigenvalue weighted by Crippen LogP contribution is 2.55. The summed E-state index contributed by atoms with van der Waals surface area (Å²) in [4.78, 5) is 19.9. The first-order valence-corrected chi connectivity index (χ1v) is 11.1. The monoisotopic (exact) mass is 379 g/mol. The number of aromatic nitrogens is 1. The van der Waals surface area contributed by atoms with Gasteiger partial charge in [-0.15, -0.1) is 0 Å². The lowest BCUT2D eigenvalue weighted by molar-refractivity contribution is -0.131. The normalized spacial score (nSPS) is 34.9. The molecule has 1 aromatic carbocycles. The molecular weight excluding hydrogens is 350 g/mol. The second-order valence-corrected chi connectivity index (χ2v) is 9.91. The Bertz CT molecular complexity index is 828. The van der Waals surface area contributed by atoms with Crippen LogP contribution in [0, 0.1) is 23.7 Å². The first-order chi connectivity index (χ1) is 13.7. The maximum atomic E-state index is 13.1. The molecule has 1 amide bonds. The van der Waals surface area contributed by atoms with Gasteiger partial charge in [0.1, 0.15) is 5.52 Å².